The molecule has 1 aliphatic rings. The molecule has 0 bridgehead atoms. The molecule has 1 aromatic rings. The summed E-state index contributed by atoms with van der Waals surface area (Å²) >= 11 is 3.35. The lowest BCUT2D eigenvalue weighted by Gasteiger charge is -2.24. The van der Waals surface area contributed by atoms with E-state index in [-0.39, 0.29) is 0 Å². The van der Waals surface area contributed by atoms with Crippen molar-refractivity contribution >= 4 is 15.9 Å². The van der Waals surface area contributed by atoms with Crippen LogP contribution in [0.4, 0.5) is 0 Å². The number of benzene rings is 1. The van der Waals surface area contributed by atoms with Crippen LogP contribution in [0.5, 0.6) is 5.75 Å². The molecule has 1 N–H and O–H groups in total. The number of aromatic hydroxyl groups is 1. The second kappa shape index (κ2) is 5.19. The maximum Gasteiger partial charge on any atom is 0.134 e. The lowest BCUT2D eigenvalue weighted by Crippen LogP contribution is -2.28. The SMILES string of the molecule is CN(Cc1cccc(Br)c1O)C1CCCC1. The number of hydrogen-bond donors (Lipinski definition) is 1. The Hall–Kier alpha value is -0.540. The van der Waals surface area contributed by atoms with Gasteiger partial charge in [0.05, 0.1) is 4.47 Å². The smallest absolute Gasteiger partial charge is 0.134 e. The molecule has 1 aromatic carbocycles. The molecule has 0 amide bonds. The van der Waals surface area contributed by atoms with Gasteiger partial charge in [0.2, 0.25) is 0 Å². The van der Waals surface area contributed by atoms with E-state index in [0.29, 0.717) is 11.8 Å². The summed E-state index contributed by atoms with van der Waals surface area (Å²) in [5.41, 5.74) is 1.00. The minimum absolute atomic E-state index is 0.382. The van der Waals surface area contributed by atoms with Crippen molar-refractivity contribution in [2.45, 2.75) is 38.3 Å². The van der Waals surface area contributed by atoms with Crippen molar-refractivity contribution in [1.29, 1.82) is 0 Å². The van der Waals surface area contributed by atoms with Crippen LogP contribution in [0.2, 0.25) is 0 Å². The number of rotatable bonds is 3. The van der Waals surface area contributed by atoms with Gasteiger partial charge in [-0.2, -0.15) is 0 Å². The fourth-order valence-electron chi connectivity index (χ4n) is 2.43. The number of nitrogens with zero attached hydrogens (tertiary/aromatic N) is 1. The van der Waals surface area contributed by atoms with Crippen LogP contribution in [0, 0.1) is 0 Å². The molecular formula is C13H18BrNO. The van der Waals surface area contributed by atoms with Crippen LogP contribution in [0.25, 0.3) is 0 Å². The molecule has 0 saturated heterocycles. The van der Waals surface area contributed by atoms with E-state index in [1.807, 2.05) is 18.2 Å². The van der Waals surface area contributed by atoms with Crippen LogP contribution >= 0.6 is 15.9 Å². The predicted molar refractivity (Wildman–Crippen MR) is 69.5 cm³/mol. The molecular weight excluding hydrogens is 266 g/mol. The lowest BCUT2D eigenvalue weighted by atomic mass is 10.1. The molecule has 0 radical (unpaired) electrons. The van der Waals surface area contributed by atoms with E-state index in [0.717, 1.165) is 16.6 Å². The van der Waals surface area contributed by atoms with Crippen molar-refractivity contribution < 1.29 is 5.11 Å². The maximum atomic E-state index is 9.92. The number of hydrogen-bond acceptors (Lipinski definition) is 2. The minimum atomic E-state index is 0.382. The molecule has 0 atom stereocenters. The summed E-state index contributed by atoms with van der Waals surface area (Å²) in [5.74, 6) is 0.382. The second-order valence-corrected chi connectivity index (χ2v) is 5.46. The normalized spacial score (nSPS) is 17.2. The van der Waals surface area contributed by atoms with Gasteiger partial charge in [0, 0.05) is 18.2 Å². The quantitative estimate of drug-likeness (QED) is 0.917. The fraction of sp³-hybridized carbons (Fsp3) is 0.538. The molecule has 0 unspecified atom stereocenters. The van der Waals surface area contributed by atoms with Crippen LogP contribution in [0.1, 0.15) is 31.2 Å². The van der Waals surface area contributed by atoms with Gasteiger partial charge in [0.1, 0.15) is 5.75 Å². The molecule has 0 aromatic heterocycles. The van der Waals surface area contributed by atoms with Crippen LogP contribution in [0.3, 0.4) is 0 Å². The molecule has 1 aliphatic carbocycles. The summed E-state index contributed by atoms with van der Waals surface area (Å²) < 4.78 is 0.782. The van der Waals surface area contributed by atoms with Crippen molar-refractivity contribution in [3.63, 3.8) is 0 Å². The van der Waals surface area contributed by atoms with Gasteiger partial charge in [0.25, 0.3) is 0 Å². The van der Waals surface area contributed by atoms with Crippen molar-refractivity contribution in [3.8, 4) is 5.75 Å². The van der Waals surface area contributed by atoms with Crippen LogP contribution in [-0.4, -0.2) is 23.1 Å². The highest BCUT2D eigenvalue weighted by atomic mass is 79.9. The summed E-state index contributed by atoms with van der Waals surface area (Å²) in [6.07, 6.45) is 5.29. The first-order chi connectivity index (χ1) is 7.68. The molecule has 0 heterocycles. The van der Waals surface area contributed by atoms with E-state index in [1.54, 1.807) is 0 Å². The highest BCUT2D eigenvalue weighted by molar-refractivity contribution is 9.10. The Balaban J connectivity index is 2.05. The van der Waals surface area contributed by atoms with Gasteiger partial charge in [-0.1, -0.05) is 25.0 Å². The van der Waals surface area contributed by atoms with E-state index in [4.69, 9.17) is 0 Å². The van der Waals surface area contributed by atoms with Gasteiger partial charge in [-0.15, -0.1) is 0 Å². The van der Waals surface area contributed by atoms with Gasteiger partial charge in [-0.3, -0.25) is 4.90 Å². The standard InChI is InChI=1S/C13H18BrNO/c1-15(11-6-2-3-7-11)9-10-5-4-8-12(14)13(10)16/h4-5,8,11,16H,2-3,6-7,9H2,1H3. The van der Waals surface area contributed by atoms with Gasteiger partial charge < -0.3 is 5.11 Å². The Bertz CT molecular complexity index is 361. The number of phenols is 1. The van der Waals surface area contributed by atoms with E-state index >= 15 is 0 Å². The molecule has 16 heavy (non-hydrogen) atoms. The van der Waals surface area contributed by atoms with Crippen molar-refractivity contribution in [3.05, 3.63) is 28.2 Å². The molecule has 3 heteroatoms. The first kappa shape index (κ1) is 11.9. The fourth-order valence-corrected chi connectivity index (χ4v) is 2.84. The Morgan fingerprint density at radius 1 is 1.38 bits per heavy atom. The molecule has 1 saturated carbocycles. The summed E-state index contributed by atoms with van der Waals surface area (Å²) in [7, 11) is 2.15. The van der Waals surface area contributed by atoms with Crippen molar-refractivity contribution in [2.75, 3.05) is 7.05 Å². The molecule has 88 valence electrons. The summed E-state index contributed by atoms with van der Waals surface area (Å²) in [5, 5.41) is 9.92. The molecule has 1 fully saturated rings. The Morgan fingerprint density at radius 3 is 2.75 bits per heavy atom. The first-order valence-corrected chi connectivity index (χ1v) is 6.64. The molecule has 2 nitrogen and oxygen atoms in total. The molecule has 2 rings (SSSR count). The monoisotopic (exact) mass is 283 g/mol. The van der Waals surface area contributed by atoms with E-state index in [9.17, 15) is 5.11 Å². The van der Waals surface area contributed by atoms with Gasteiger partial charge >= 0.3 is 0 Å². The number of para-hydroxylation sites is 1. The number of phenolic OH excluding ortho intramolecular Hbond substituents is 1. The molecule has 0 aliphatic heterocycles. The average molecular weight is 284 g/mol. The van der Waals surface area contributed by atoms with E-state index < -0.39 is 0 Å². The summed E-state index contributed by atoms with van der Waals surface area (Å²) in [6, 6.07) is 6.53. The summed E-state index contributed by atoms with van der Waals surface area (Å²) in [6.45, 7) is 0.829. The van der Waals surface area contributed by atoms with Gasteiger partial charge in [-0.05, 0) is 41.9 Å². The Labute approximate surface area is 105 Å². The predicted octanol–water partition coefficient (Wildman–Crippen LogP) is 3.53. The Kier molecular flexibility index (Phi) is 3.87. The highest BCUT2D eigenvalue weighted by Gasteiger charge is 2.20. The third-order valence-corrected chi connectivity index (χ3v) is 4.08. The highest BCUT2D eigenvalue weighted by Crippen LogP contribution is 2.30. The van der Waals surface area contributed by atoms with Crippen molar-refractivity contribution in [2.24, 2.45) is 0 Å². The van der Waals surface area contributed by atoms with E-state index in [2.05, 4.69) is 27.9 Å². The maximum absolute atomic E-state index is 9.92. The Morgan fingerprint density at radius 2 is 2.06 bits per heavy atom. The number of halogens is 1. The van der Waals surface area contributed by atoms with E-state index in [1.165, 1.54) is 25.7 Å². The second-order valence-electron chi connectivity index (χ2n) is 4.60. The first-order valence-electron chi connectivity index (χ1n) is 5.85. The van der Waals surface area contributed by atoms with Crippen LogP contribution in [-0.2, 0) is 6.54 Å². The van der Waals surface area contributed by atoms with Crippen LogP contribution < -0.4 is 0 Å². The zero-order chi connectivity index (χ0) is 11.5. The van der Waals surface area contributed by atoms with Crippen molar-refractivity contribution in [1.82, 2.24) is 4.90 Å². The topological polar surface area (TPSA) is 23.5 Å². The third-order valence-electron chi connectivity index (χ3n) is 3.44. The van der Waals surface area contributed by atoms with Crippen LogP contribution in [0.15, 0.2) is 22.7 Å². The van der Waals surface area contributed by atoms with Gasteiger partial charge in [0.15, 0.2) is 0 Å². The molecule has 0 spiro atoms. The summed E-state index contributed by atoms with van der Waals surface area (Å²) in [4.78, 5) is 2.36. The third kappa shape index (κ3) is 2.58. The minimum Gasteiger partial charge on any atom is -0.506 e. The van der Waals surface area contributed by atoms with Gasteiger partial charge in [-0.25, -0.2) is 0 Å². The zero-order valence-corrected chi connectivity index (χ0v) is 11.2. The average Bonchev–Trinajstić information content (AvgIpc) is 2.78. The largest absolute Gasteiger partial charge is 0.506 e. The zero-order valence-electron chi connectivity index (χ0n) is 9.62. The lowest BCUT2D eigenvalue weighted by molar-refractivity contribution is 0.234.